The Kier molecular flexibility index (Phi) is 5.20. The van der Waals surface area contributed by atoms with Crippen molar-refractivity contribution in [3.63, 3.8) is 0 Å². The summed E-state index contributed by atoms with van der Waals surface area (Å²) in [6, 6.07) is 1.95. The molecule has 0 fully saturated rings. The molecule has 0 spiro atoms. The average Bonchev–Trinajstić information content (AvgIpc) is 2.96. The highest BCUT2D eigenvalue weighted by atomic mass is 79.9. The van der Waals surface area contributed by atoms with Crippen LogP contribution in [-0.2, 0) is 26.7 Å². The lowest BCUT2D eigenvalue weighted by Gasteiger charge is -2.09. The predicted molar refractivity (Wildman–Crippen MR) is 98.2 cm³/mol. The van der Waals surface area contributed by atoms with Gasteiger partial charge in [-0.25, -0.2) is 21.8 Å². The molecule has 0 N–H and O–H groups in total. The van der Waals surface area contributed by atoms with Gasteiger partial charge in [0.2, 0.25) is 0 Å². The minimum absolute atomic E-state index is 0.0321. The molecule has 0 radical (unpaired) electrons. The molecule has 0 aliphatic carbocycles. The van der Waals surface area contributed by atoms with E-state index in [0.717, 1.165) is 0 Å². The topological polar surface area (TPSA) is 125 Å². The van der Waals surface area contributed by atoms with Gasteiger partial charge in [0.25, 0.3) is 9.84 Å². The van der Waals surface area contributed by atoms with E-state index >= 15 is 0 Å². The van der Waals surface area contributed by atoms with E-state index < -0.39 is 30.2 Å². The van der Waals surface area contributed by atoms with Crippen molar-refractivity contribution in [2.75, 3.05) is 5.75 Å². The molecule has 29 heavy (non-hydrogen) atoms. The van der Waals surface area contributed by atoms with Gasteiger partial charge in [-0.2, -0.15) is 13.2 Å². The van der Waals surface area contributed by atoms with Crippen molar-refractivity contribution < 1.29 is 30.0 Å². The van der Waals surface area contributed by atoms with Crippen LogP contribution < -0.4 is 0 Å². The molecule has 15 heteroatoms. The van der Waals surface area contributed by atoms with Crippen molar-refractivity contribution in [1.29, 1.82) is 0 Å². The second kappa shape index (κ2) is 6.98. The monoisotopic (exact) mass is 513 g/mol. The highest BCUT2D eigenvalue weighted by molar-refractivity contribution is 9.10. The first kappa shape index (κ1) is 21.6. The zero-order valence-electron chi connectivity index (χ0n) is 14.6. The number of aryl methyl sites for hydroxylation is 1. The summed E-state index contributed by atoms with van der Waals surface area (Å²) in [6.45, 7) is 1.44. The Bertz CT molecular complexity index is 1340. The van der Waals surface area contributed by atoms with Crippen LogP contribution in [0.15, 0.2) is 32.7 Å². The molecule has 0 aromatic carbocycles. The molecule has 0 saturated carbocycles. The Balaban J connectivity index is 2.28. The Morgan fingerprint density at radius 1 is 1.14 bits per heavy atom. The van der Waals surface area contributed by atoms with Crippen LogP contribution in [-0.4, -0.2) is 52.8 Å². The molecule has 0 amide bonds. The molecule has 0 atom stereocenters. The first-order valence-electron chi connectivity index (χ1n) is 7.69. The zero-order chi connectivity index (χ0) is 21.8. The first-order valence-corrected chi connectivity index (χ1v) is 11.6. The fourth-order valence-corrected chi connectivity index (χ4v) is 4.60. The second-order valence-electron chi connectivity index (χ2n) is 5.74. The zero-order valence-corrected chi connectivity index (χ0v) is 17.9. The van der Waals surface area contributed by atoms with E-state index in [4.69, 9.17) is 0 Å². The number of hydrogen-bond donors (Lipinski definition) is 0. The number of pyridine rings is 1. The quantitative estimate of drug-likeness (QED) is 0.520. The number of halogens is 4. The van der Waals surface area contributed by atoms with E-state index in [-0.39, 0.29) is 33.3 Å². The van der Waals surface area contributed by atoms with E-state index in [0.29, 0.717) is 10.5 Å². The van der Waals surface area contributed by atoms with Crippen molar-refractivity contribution in [1.82, 2.24) is 24.7 Å². The molecule has 0 aliphatic heterocycles. The van der Waals surface area contributed by atoms with Crippen molar-refractivity contribution in [2.45, 2.75) is 22.4 Å². The van der Waals surface area contributed by atoms with Crippen molar-refractivity contribution in [3.8, 4) is 11.5 Å². The normalized spacial score (nSPS) is 13.2. The summed E-state index contributed by atoms with van der Waals surface area (Å²) in [5.41, 5.74) is -5.88. The standard InChI is InChI=1S/C14H11BrF3N5O4S2/c1-3-28(24,25)9-4-7(15)6-19-11(9)13-20-8-5-10(21-22-12(8)23(13)2)29(26,27)14(16,17)18/h4-6H,3H2,1-2H3. The number of fused-ring (bicyclic) bond motifs is 1. The molecule has 0 bridgehead atoms. The maximum Gasteiger partial charge on any atom is 0.503 e. The Hall–Kier alpha value is -2.13. The van der Waals surface area contributed by atoms with Gasteiger partial charge in [-0.1, -0.05) is 6.92 Å². The average molecular weight is 514 g/mol. The second-order valence-corrected chi connectivity index (χ2v) is 10.8. The molecule has 0 unspecified atom stereocenters. The minimum atomic E-state index is -5.72. The van der Waals surface area contributed by atoms with Crippen LogP contribution in [0.3, 0.4) is 0 Å². The summed E-state index contributed by atoms with van der Waals surface area (Å²) in [7, 11) is -8.03. The van der Waals surface area contributed by atoms with Gasteiger partial charge in [-0.15, -0.1) is 10.2 Å². The molecule has 3 aromatic heterocycles. The summed E-state index contributed by atoms with van der Waals surface area (Å²) < 4.78 is 88.0. The SMILES string of the molecule is CCS(=O)(=O)c1cc(Br)cnc1-c1nc2cc(S(=O)(=O)C(F)(F)F)nnc2n1C. The third-order valence-corrected chi connectivity index (χ3v) is 7.46. The van der Waals surface area contributed by atoms with E-state index in [1.807, 2.05) is 0 Å². The summed E-state index contributed by atoms with van der Waals surface area (Å²) in [5.74, 6) is -0.258. The van der Waals surface area contributed by atoms with E-state index in [9.17, 15) is 30.0 Å². The van der Waals surface area contributed by atoms with Gasteiger partial charge < -0.3 is 4.57 Å². The number of sulfone groups is 2. The molecular formula is C14H11BrF3N5O4S2. The van der Waals surface area contributed by atoms with Crippen molar-refractivity contribution in [2.24, 2.45) is 7.05 Å². The van der Waals surface area contributed by atoms with E-state index in [1.54, 1.807) is 0 Å². The van der Waals surface area contributed by atoms with E-state index in [1.165, 1.54) is 30.8 Å². The number of rotatable bonds is 4. The van der Waals surface area contributed by atoms with Gasteiger partial charge in [-0.05, 0) is 22.0 Å². The lowest BCUT2D eigenvalue weighted by atomic mass is 10.3. The highest BCUT2D eigenvalue weighted by Crippen LogP contribution is 2.32. The molecular weight excluding hydrogens is 503 g/mol. The molecule has 156 valence electrons. The molecule has 9 nitrogen and oxygen atoms in total. The number of alkyl halides is 3. The van der Waals surface area contributed by atoms with Crippen molar-refractivity contribution in [3.05, 3.63) is 22.8 Å². The third-order valence-electron chi connectivity index (χ3n) is 3.92. The lowest BCUT2D eigenvalue weighted by molar-refractivity contribution is -0.0438. The minimum Gasteiger partial charge on any atom is -0.309 e. The predicted octanol–water partition coefficient (Wildman–Crippen LogP) is 2.27. The van der Waals surface area contributed by atoms with Gasteiger partial charge in [-0.3, -0.25) is 4.98 Å². The molecule has 0 saturated heterocycles. The lowest BCUT2D eigenvalue weighted by Crippen LogP contribution is -2.24. The molecule has 3 rings (SSSR count). The van der Waals surface area contributed by atoms with Crippen LogP contribution in [0.2, 0.25) is 0 Å². The van der Waals surface area contributed by atoms with Gasteiger partial charge in [0, 0.05) is 23.8 Å². The summed E-state index contributed by atoms with van der Waals surface area (Å²) in [5, 5.41) is 5.36. The first-order chi connectivity index (χ1) is 13.3. The number of hydrogen-bond acceptors (Lipinski definition) is 8. The van der Waals surface area contributed by atoms with Gasteiger partial charge >= 0.3 is 5.51 Å². The maximum absolute atomic E-state index is 12.8. The van der Waals surface area contributed by atoms with Gasteiger partial charge in [0.1, 0.15) is 11.2 Å². The number of aromatic nitrogens is 5. The Morgan fingerprint density at radius 3 is 2.38 bits per heavy atom. The maximum atomic E-state index is 12.8. The third kappa shape index (κ3) is 3.61. The summed E-state index contributed by atoms with van der Waals surface area (Å²) >= 11 is 3.14. The number of nitrogens with zero attached hydrogens (tertiary/aromatic N) is 5. The van der Waals surface area contributed by atoms with Crippen LogP contribution in [0.25, 0.3) is 22.7 Å². The van der Waals surface area contributed by atoms with Crippen LogP contribution in [0, 0.1) is 0 Å². The van der Waals surface area contributed by atoms with Crippen molar-refractivity contribution >= 4 is 46.8 Å². The number of imidazole rings is 1. The smallest absolute Gasteiger partial charge is 0.309 e. The Morgan fingerprint density at radius 2 is 1.79 bits per heavy atom. The van der Waals surface area contributed by atoms with Gasteiger partial charge in [0.05, 0.1) is 10.6 Å². The highest BCUT2D eigenvalue weighted by Gasteiger charge is 2.48. The fraction of sp³-hybridized carbons (Fsp3) is 0.286. The largest absolute Gasteiger partial charge is 0.503 e. The summed E-state index contributed by atoms with van der Waals surface area (Å²) in [4.78, 5) is 7.99. The fourth-order valence-electron chi connectivity index (χ4n) is 2.41. The molecule has 0 aliphatic rings. The molecule has 3 heterocycles. The van der Waals surface area contributed by atoms with Crippen LogP contribution in [0.5, 0.6) is 0 Å². The van der Waals surface area contributed by atoms with Crippen LogP contribution >= 0.6 is 15.9 Å². The molecule has 3 aromatic rings. The van der Waals surface area contributed by atoms with Gasteiger partial charge in [0.15, 0.2) is 26.3 Å². The van der Waals surface area contributed by atoms with Crippen LogP contribution in [0.4, 0.5) is 13.2 Å². The summed E-state index contributed by atoms with van der Waals surface area (Å²) in [6.07, 6.45) is 1.33. The van der Waals surface area contributed by atoms with E-state index in [2.05, 4.69) is 36.1 Å². The Labute approximate surface area is 171 Å². The van der Waals surface area contributed by atoms with Crippen LogP contribution in [0.1, 0.15) is 6.92 Å².